The molecule has 1 N–H and O–H groups in total. The molecule has 0 radical (unpaired) electrons. The molecule has 1 saturated carbocycles. The van der Waals surface area contributed by atoms with Gasteiger partial charge < -0.3 is 5.32 Å². The van der Waals surface area contributed by atoms with Crippen LogP contribution in [0.2, 0.25) is 0 Å². The van der Waals surface area contributed by atoms with E-state index < -0.39 is 0 Å². The number of nitrogens with zero attached hydrogens (tertiary/aromatic N) is 2. The molecule has 0 spiro atoms. The number of thioether (sulfide) groups is 1. The first-order valence-electron chi connectivity index (χ1n) is 9.95. The minimum atomic E-state index is -0.114. The van der Waals surface area contributed by atoms with Gasteiger partial charge in [-0.3, -0.25) is 14.2 Å². The summed E-state index contributed by atoms with van der Waals surface area (Å²) < 4.78 is 1.64. The van der Waals surface area contributed by atoms with E-state index in [-0.39, 0.29) is 23.3 Å². The fraction of sp³-hybridized carbons (Fsp3) is 0.348. The van der Waals surface area contributed by atoms with E-state index in [0.717, 1.165) is 16.8 Å². The van der Waals surface area contributed by atoms with Gasteiger partial charge in [-0.1, -0.05) is 41.6 Å². The van der Waals surface area contributed by atoms with Crippen molar-refractivity contribution in [1.29, 1.82) is 0 Å². The van der Waals surface area contributed by atoms with Crippen molar-refractivity contribution in [2.45, 2.75) is 44.8 Å². The van der Waals surface area contributed by atoms with Crippen LogP contribution in [0.5, 0.6) is 0 Å². The van der Waals surface area contributed by atoms with Gasteiger partial charge in [0.05, 0.1) is 22.3 Å². The highest BCUT2D eigenvalue weighted by Crippen LogP contribution is 2.32. The molecule has 0 bridgehead atoms. The van der Waals surface area contributed by atoms with Crippen LogP contribution in [0.3, 0.4) is 0 Å². The van der Waals surface area contributed by atoms with Crippen LogP contribution in [0, 0.1) is 19.8 Å². The third-order valence-electron chi connectivity index (χ3n) is 5.39. The van der Waals surface area contributed by atoms with Crippen molar-refractivity contribution in [3.05, 3.63) is 63.9 Å². The number of fused-ring (bicyclic) bond motifs is 1. The van der Waals surface area contributed by atoms with E-state index in [1.54, 1.807) is 10.6 Å². The number of hydrogen-bond acceptors (Lipinski definition) is 4. The Kier molecular flexibility index (Phi) is 5.46. The smallest absolute Gasteiger partial charge is 0.266 e. The monoisotopic (exact) mass is 407 g/mol. The fourth-order valence-corrected chi connectivity index (χ4v) is 4.43. The fourth-order valence-electron chi connectivity index (χ4n) is 3.62. The molecule has 0 aliphatic heterocycles. The van der Waals surface area contributed by atoms with Crippen LogP contribution in [0.25, 0.3) is 16.6 Å². The highest BCUT2D eigenvalue weighted by atomic mass is 32.2. The Morgan fingerprint density at radius 1 is 1.24 bits per heavy atom. The second kappa shape index (κ2) is 8.03. The van der Waals surface area contributed by atoms with E-state index in [2.05, 4.69) is 18.3 Å². The Labute approximate surface area is 174 Å². The highest BCUT2D eigenvalue weighted by molar-refractivity contribution is 7.99. The zero-order chi connectivity index (χ0) is 20.5. The molecule has 1 amide bonds. The normalized spacial score (nSPS) is 14.7. The van der Waals surface area contributed by atoms with Gasteiger partial charge in [0.25, 0.3) is 5.56 Å². The van der Waals surface area contributed by atoms with E-state index in [1.165, 1.54) is 24.6 Å². The lowest BCUT2D eigenvalue weighted by atomic mass is 10.1. The number of aromatic nitrogens is 2. The molecule has 0 saturated heterocycles. The standard InChI is InChI=1S/C23H25N3O2S/c1-14-8-11-20(15(2)12-14)26-22(28)18-6-4-5-7-19(18)25-23(26)29-13-21(27)24-16(3)17-9-10-17/h4-8,11-12,16-17H,9-10,13H2,1-3H3,(H,24,27)/t16-/m0/s1. The molecule has 2 aromatic carbocycles. The molecule has 29 heavy (non-hydrogen) atoms. The van der Waals surface area contributed by atoms with Gasteiger partial charge in [-0.25, -0.2) is 4.98 Å². The maximum absolute atomic E-state index is 13.3. The number of nitrogens with one attached hydrogen (secondary N) is 1. The number of benzene rings is 2. The molecule has 4 rings (SSSR count). The van der Waals surface area contributed by atoms with Gasteiger partial charge in [0, 0.05) is 6.04 Å². The quantitative estimate of drug-likeness (QED) is 0.495. The number of hydrogen-bond donors (Lipinski definition) is 1. The summed E-state index contributed by atoms with van der Waals surface area (Å²) in [5.74, 6) is 0.812. The minimum Gasteiger partial charge on any atom is -0.353 e. The predicted molar refractivity (Wildman–Crippen MR) is 118 cm³/mol. The molecular formula is C23H25N3O2S. The Balaban J connectivity index is 1.71. The summed E-state index contributed by atoms with van der Waals surface area (Å²) in [6.07, 6.45) is 2.38. The third kappa shape index (κ3) is 4.22. The molecule has 5 nitrogen and oxygen atoms in total. The number of amides is 1. The number of carbonyl (C=O) groups excluding carboxylic acids is 1. The van der Waals surface area contributed by atoms with Crippen LogP contribution in [0.4, 0.5) is 0 Å². The van der Waals surface area contributed by atoms with Gasteiger partial charge in [-0.15, -0.1) is 0 Å². The molecule has 1 heterocycles. The lowest BCUT2D eigenvalue weighted by Crippen LogP contribution is -2.35. The Morgan fingerprint density at radius 3 is 2.72 bits per heavy atom. The second-order valence-corrected chi connectivity index (χ2v) is 8.77. The van der Waals surface area contributed by atoms with Crippen LogP contribution in [0.1, 0.15) is 30.9 Å². The lowest BCUT2D eigenvalue weighted by molar-refractivity contribution is -0.119. The van der Waals surface area contributed by atoms with E-state index in [9.17, 15) is 9.59 Å². The summed E-state index contributed by atoms with van der Waals surface area (Å²) in [5, 5.41) is 4.18. The summed E-state index contributed by atoms with van der Waals surface area (Å²) in [5.41, 5.74) is 3.46. The largest absolute Gasteiger partial charge is 0.353 e. The molecule has 1 atom stereocenters. The van der Waals surface area contributed by atoms with Crippen molar-refractivity contribution in [1.82, 2.24) is 14.9 Å². The average molecular weight is 408 g/mol. The van der Waals surface area contributed by atoms with Crippen LogP contribution < -0.4 is 10.9 Å². The number of aryl methyl sites for hydroxylation is 2. The van der Waals surface area contributed by atoms with Crippen LogP contribution in [0.15, 0.2) is 52.4 Å². The van der Waals surface area contributed by atoms with Crippen molar-refractivity contribution in [2.75, 3.05) is 5.75 Å². The summed E-state index contributed by atoms with van der Waals surface area (Å²) in [4.78, 5) is 30.5. The molecule has 1 aliphatic rings. The van der Waals surface area contributed by atoms with E-state index in [1.807, 2.05) is 44.2 Å². The molecule has 1 aromatic heterocycles. The van der Waals surface area contributed by atoms with Gasteiger partial charge in [0.2, 0.25) is 5.91 Å². The van der Waals surface area contributed by atoms with Gasteiger partial charge in [-0.05, 0) is 63.3 Å². The second-order valence-electron chi connectivity index (χ2n) is 7.82. The van der Waals surface area contributed by atoms with Crippen LogP contribution in [-0.2, 0) is 4.79 Å². The molecule has 1 fully saturated rings. The first-order valence-corrected chi connectivity index (χ1v) is 10.9. The van der Waals surface area contributed by atoms with Crippen molar-refractivity contribution < 1.29 is 4.79 Å². The Morgan fingerprint density at radius 2 is 2.00 bits per heavy atom. The molecule has 0 unspecified atom stereocenters. The summed E-state index contributed by atoms with van der Waals surface area (Å²) in [6.45, 7) is 6.07. The minimum absolute atomic E-state index is 0.0241. The maximum Gasteiger partial charge on any atom is 0.266 e. The van der Waals surface area contributed by atoms with E-state index in [0.29, 0.717) is 22.0 Å². The highest BCUT2D eigenvalue weighted by Gasteiger charge is 2.29. The SMILES string of the molecule is Cc1ccc(-n2c(SCC(=O)N[C@@H](C)C3CC3)nc3ccccc3c2=O)c(C)c1. The predicted octanol–water partition coefficient (Wildman–Crippen LogP) is 4.01. The van der Waals surface area contributed by atoms with E-state index in [4.69, 9.17) is 4.98 Å². The number of para-hydroxylation sites is 1. The molecular weight excluding hydrogens is 382 g/mol. The van der Waals surface area contributed by atoms with Gasteiger partial charge in [-0.2, -0.15) is 0 Å². The lowest BCUT2D eigenvalue weighted by Gasteiger charge is -2.16. The topological polar surface area (TPSA) is 64.0 Å². The van der Waals surface area contributed by atoms with Crippen LogP contribution >= 0.6 is 11.8 Å². The summed E-state index contributed by atoms with van der Waals surface area (Å²) in [7, 11) is 0. The van der Waals surface area contributed by atoms with Crippen molar-refractivity contribution in [3.8, 4) is 5.69 Å². The summed E-state index contributed by atoms with van der Waals surface area (Å²) >= 11 is 1.31. The first kappa shape index (κ1) is 19.7. The molecule has 3 aromatic rings. The molecule has 6 heteroatoms. The number of carbonyl (C=O) groups is 1. The number of rotatable bonds is 6. The zero-order valence-corrected chi connectivity index (χ0v) is 17.8. The van der Waals surface area contributed by atoms with Gasteiger partial charge in [0.1, 0.15) is 0 Å². The zero-order valence-electron chi connectivity index (χ0n) is 16.9. The van der Waals surface area contributed by atoms with Crippen LogP contribution in [-0.4, -0.2) is 27.3 Å². The van der Waals surface area contributed by atoms with Gasteiger partial charge >= 0.3 is 0 Å². The van der Waals surface area contributed by atoms with Gasteiger partial charge in [0.15, 0.2) is 5.16 Å². The maximum atomic E-state index is 13.3. The van der Waals surface area contributed by atoms with Crippen molar-refractivity contribution in [3.63, 3.8) is 0 Å². The molecule has 1 aliphatic carbocycles. The molecule has 150 valence electrons. The Bertz CT molecular complexity index is 1130. The first-order chi connectivity index (χ1) is 13.9. The average Bonchev–Trinajstić information content (AvgIpc) is 3.53. The van der Waals surface area contributed by atoms with Crippen molar-refractivity contribution >= 4 is 28.6 Å². The van der Waals surface area contributed by atoms with Crippen molar-refractivity contribution in [2.24, 2.45) is 5.92 Å². The Hall–Kier alpha value is -2.60. The van der Waals surface area contributed by atoms with E-state index >= 15 is 0 Å². The summed E-state index contributed by atoms with van der Waals surface area (Å²) in [6, 6.07) is 13.5. The third-order valence-corrected chi connectivity index (χ3v) is 6.33.